The van der Waals surface area contributed by atoms with Gasteiger partial charge in [0.05, 0.1) is 11.6 Å². The van der Waals surface area contributed by atoms with Crippen molar-refractivity contribution >= 4 is 42.6 Å². The molecule has 0 spiro atoms. The maximum absolute atomic E-state index is 7.58. The Kier molecular flexibility index (Phi) is 9.05. The van der Waals surface area contributed by atoms with E-state index in [0.717, 1.165) is 39.8 Å². The molecule has 0 aliphatic heterocycles. The van der Waals surface area contributed by atoms with Gasteiger partial charge in [-0.1, -0.05) is 98.2 Å². The van der Waals surface area contributed by atoms with Crippen LogP contribution >= 0.6 is 11.6 Å². The molecule has 0 unspecified atom stereocenters. The Hall–Kier alpha value is -0.479. The maximum Gasteiger partial charge on any atom is 0.193 e. The van der Waals surface area contributed by atoms with Crippen molar-refractivity contribution in [3.05, 3.63) is 51.6 Å². The molecule has 7 heteroatoms. The summed E-state index contributed by atoms with van der Waals surface area (Å²) in [5, 5.41) is 1.01. The maximum atomic E-state index is 7.58. The molecule has 3 rings (SSSR count). The zero-order valence-electron chi connectivity index (χ0n) is 26.4. The number of hydrogen-bond donors (Lipinski definition) is 0. The summed E-state index contributed by atoms with van der Waals surface area (Å²) in [6.45, 7) is 30.4. The Labute approximate surface area is 241 Å². The normalized spacial score (nSPS) is 22.1. The van der Waals surface area contributed by atoms with E-state index in [2.05, 4.69) is 119 Å². The lowest BCUT2D eigenvalue weighted by Crippen LogP contribution is -2.54. The van der Waals surface area contributed by atoms with Crippen LogP contribution in [0.2, 0.25) is 59.4 Å². The first-order valence-corrected chi connectivity index (χ1v) is 23.3. The third kappa shape index (κ3) is 5.53. The summed E-state index contributed by atoms with van der Waals surface area (Å²) in [6, 6.07) is 7.58. The molecule has 38 heavy (non-hydrogen) atoms. The summed E-state index contributed by atoms with van der Waals surface area (Å²) in [7, 11) is -6.08. The SMILES string of the molecule is CC[Si](CC)(CC)O[C@]12C(=Cc3ccc(CO[Si](C)(C)C(C)(C)C)c(Cl)c31)C=C[C@@H]2O[Si](C)(C)C(C)(C)C. The molecule has 0 fully saturated rings. The number of halogens is 1. The fraction of sp³-hybridized carbons (Fsp3) is 0.677. The Balaban J connectivity index is 2.17. The molecule has 1 aromatic carbocycles. The van der Waals surface area contributed by atoms with E-state index in [-0.39, 0.29) is 16.2 Å². The first kappa shape index (κ1) is 32.0. The van der Waals surface area contributed by atoms with E-state index >= 15 is 0 Å². The average Bonchev–Trinajstić information content (AvgIpc) is 3.29. The largest absolute Gasteiger partial charge is 0.413 e. The van der Waals surface area contributed by atoms with E-state index in [0.29, 0.717) is 6.61 Å². The lowest BCUT2D eigenvalue weighted by atomic mass is 9.88. The summed E-state index contributed by atoms with van der Waals surface area (Å²) in [5.41, 5.74) is 3.78. The van der Waals surface area contributed by atoms with Crippen LogP contribution in [0.4, 0.5) is 0 Å². The van der Waals surface area contributed by atoms with E-state index in [1.54, 1.807) is 0 Å². The molecule has 1 aromatic rings. The highest BCUT2D eigenvalue weighted by Crippen LogP contribution is 2.57. The van der Waals surface area contributed by atoms with E-state index in [1.807, 2.05) is 0 Å². The van der Waals surface area contributed by atoms with Crippen LogP contribution in [0.1, 0.15) is 79.0 Å². The molecule has 2 atom stereocenters. The molecular weight excluding hydrogens is 540 g/mol. The van der Waals surface area contributed by atoms with Crippen LogP contribution < -0.4 is 0 Å². The van der Waals surface area contributed by atoms with Gasteiger partial charge in [-0.25, -0.2) is 0 Å². The smallest absolute Gasteiger partial charge is 0.193 e. The minimum Gasteiger partial charge on any atom is -0.413 e. The summed E-state index contributed by atoms with van der Waals surface area (Å²) in [4.78, 5) is 0. The second-order valence-electron chi connectivity index (χ2n) is 14.4. The predicted molar refractivity (Wildman–Crippen MR) is 173 cm³/mol. The van der Waals surface area contributed by atoms with Gasteiger partial charge in [-0.05, 0) is 77.2 Å². The topological polar surface area (TPSA) is 27.7 Å². The third-order valence-corrected chi connectivity index (χ3v) is 24.1. The van der Waals surface area contributed by atoms with Gasteiger partial charge in [0.2, 0.25) is 0 Å². The van der Waals surface area contributed by atoms with Gasteiger partial charge in [0.1, 0.15) is 11.7 Å². The molecule has 2 aliphatic rings. The second-order valence-corrected chi connectivity index (χ2v) is 29.0. The van der Waals surface area contributed by atoms with Crippen molar-refractivity contribution in [3.63, 3.8) is 0 Å². The zero-order chi connectivity index (χ0) is 28.9. The van der Waals surface area contributed by atoms with Crippen molar-refractivity contribution in [2.24, 2.45) is 0 Å². The molecule has 0 saturated carbocycles. The molecule has 0 N–H and O–H groups in total. The van der Waals surface area contributed by atoms with Crippen LogP contribution in [0, 0.1) is 0 Å². The summed E-state index contributed by atoms with van der Waals surface area (Å²) in [5.74, 6) is 0. The van der Waals surface area contributed by atoms with Gasteiger partial charge < -0.3 is 13.3 Å². The van der Waals surface area contributed by atoms with E-state index in [9.17, 15) is 0 Å². The second kappa shape index (κ2) is 10.7. The number of hydrogen-bond acceptors (Lipinski definition) is 3. The van der Waals surface area contributed by atoms with Crippen LogP contribution in [0.25, 0.3) is 6.08 Å². The van der Waals surface area contributed by atoms with Crippen molar-refractivity contribution in [2.75, 3.05) is 0 Å². The summed E-state index contributed by atoms with van der Waals surface area (Å²) < 4.78 is 21.4. The molecule has 0 radical (unpaired) electrons. The van der Waals surface area contributed by atoms with Gasteiger partial charge in [-0.2, -0.15) is 0 Å². The van der Waals surface area contributed by atoms with Crippen molar-refractivity contribution in [1.29, 1.82) is 0 Å². The quantitative estimate of drug-likeness (QED) is 0.253. The van der Waals surface area contributed by atoms with Crippen LogP contribution in [0.3, 0.4) is 0 Å². The van der Waals surface area contributed by atoms with Crippen molar-refractivity contribution < 1.29 is 13.3 Å². The molecule has 3 nitrogen and oxygen atoms in total. The molecule has 0 heterocycles. The fourth-order valence-electron chi connectivity index (χ4n) is 5.03. The van der Waals surface area contributed by atoms with Crippen LogP contribution in [0.5, 0.6) is 0 Å². The first-order chi connectivity index (χ1) is 17.3. The van der Waals surface area contributed by atoms with Crippen molar-refractivity contribution in [1.82, 2.24) is 0 Å². The molecule has 0 aromatic heterocycles. The Morgan fingerprint density at radius 3 is 1.92 bits per heavy atom. The minimum atomic E-state index is -2.10. The highest BCUT2D eigenvalue weighted by Gasteiger charge is 2.57. The number of rotatable bonds is 10. The lowest BCUT2D eigenvalue weighted by molar-refractivity contribution is 0.00383. The minimum absolute atomic E-state index is 0.0906. The highest BCUT2D eigenvalue weighted by molar-refractivity contribution is 6.75. The molecular formula is C31H53ClO3Si3. The molecule has 0 bridgehead atoms. The first-order valence-electron chi connectivity index (χ1n) is 14.5. The third-order valence-electron chi connectivity index (χ3n) is 10.1. The van der Waals surface area contributed by atoms with Crippen molar-refractivity contribution in [3.8, 4) is 0 Å². The van der Waals surface area contributed by atoms with E-state index in [1.165, 1.54) is 5.57 Å². The van der Waals surface area contributed by atoms with E-state index < -0.39 is 30.6 Å². The highest BCUT2D eigenvalue weighted by atomic mass is 35.5. The van der Waals surface area contributed by atoms with Gasteiger partial charge in [0, 0.05) is 5.56 Å². The molecule has 214 valence electrons. The van der Waals surface area contributed by atoms with Gasteiger partial charge in [-0.15, -0.1) is 0 Å². The summed E-state index contributed by atoms with van der Waals surface area (Å²) >= 11 is 7.40. The number of fused-ring (bicyclic) bond motifs is 3. The van der Waals surface area contributed by atoms with Gasteiger partial charge in [0.15, 0.2) is 25.0 Å². The standard InChI is InChI=1S/C31H53ClO3Si3/c1-14-38(15-2,16-3)35-31-25(19-20-26(31)34-37(12,13)30(7,8)9)21-23-17-18-24(28(32)27(23)31)22-33-36(10,11)29(4,5)6/h17-21,26H,14-16,22H2,1-13H3/t26-,31-/m0/s1. The average molecular weight is 593 g/mol. The number of benzene rings is 1. The summed E-state index contributed by atoms with van der Waals surface area (Å²) in [6.07, 6.45) is 6.57. The van der Waals surface area contributed by atoms with Crippen LogP contribution in [-0.4, -0.2) is 31.1 Å². The van der Waals surface area contributed by atoms with Gasteiger partial charge in [0.25, 0.3) is 0 Å². The predicted octanol–water partition coefficient (Wildman–Crippen LogP) is 10.4. The molecule has 0 saturated heterocycles. The van der Waals surface area contributed by atoms with Crippen LogP contribution in [0.15, 0.2) is 29.9 Å². The zero-order valence-corrected chi connectivity index (χ0v) is 30.2. The Bertz CT molecular complexity index is 1080. The molecule has 2 aliphatic carbocycles. The Morgan fingerprint density at radius 2 is 1.42 bits per heavy atom. The monoisotopic (exact) mass is 592 g/mol. The van der Waals surface area contributed by atoms with Crippen LogP contribution in [-0.2, 0) is 25.5 Å². The Morgan fingerprint density at radius 1 is 0.868 bits per heavy atom. The van der Waals surface area contributed by atoms with Crippen molar-refractivity contribution in [2.45, 2.75) is 135 Å². The lowest BCUT2D eigenvalue weighted by Gasteiger charge is -2.47. The van der Waals surface area contributed by atoms with E-state index in [4.69, 9.17) is 24.9 Å². The van der Waals surface area contributed by atoms with Gasteiger partial charge in [-0.3, -0.25) is 0 Å². The fourth-order valence-corrected chi connectivity index (χ4v) is 10.5. The molecule has 0 amide bonds. The van der Waals surface area contributed by atoms with Gasteiger partial charge >= 0.3 is 0 Å².